The zero-order chi connectivity index (χ0) is 11.9. The molecule has 0 aliphatic carbocycles. The van der Waals surface area contributed by atoms with Gasteiger partial charge in [-0.05, 0) is 44.2 Å². The Morgan fingerprint density at radius 2 is 2.06 bits per heavy atom. The Kier molecular flexibility index (Phi) is 5.53. The van der Waals surface area contributed by atoms with Gasteiger partial charge in [0.1, 0.15) is 0 Å². The summed E-state index contributed by atoms with van der Waals surface area (Å²) in [6.45, 7) is 2.54. The highest BCUT2D eigenvalue weighted by Crippen LogP contribution is 2.21. The van der Waals surface area contributed by atoms with Crippen LogP contribution in [0.25, 0.3) is 0 Å². The lowest BCUT2D eigenvalue weighted by Crippen LogP contribution is -2.31. The average Bonchev–Trinajstić information content (AvgIpc) is 2.82. The van der Waals surface area contributed by atoms with Gasteiger partial charge < -0.3 is 4.90 Å². The van der Waals surface area contributed by atoms with Gasteiger partial charge in [-0.3, -0.25) is 0 Å². The van der Waals surface area contributed by atoms with Crippen molar-refractivity contribution in [2.75, 3.05) is 18.4 Å². The second-order valence-electron chi connectivity index (χ2n) is 4.90. The molecule has 1 aliphatic rings. The van der Waals surface area contributed by atoms with Crippen molar-refractivity contribution in [2.45, 2.75) is 38.1 Å². The lowest BCUT2D eigenvalue weighted by molar-refractivity contribution is 0.245. The summed E-state index contributed by atoms with van der Waals surface area (Å²) in [4.78, 5) is 2.69. The summed E-state index contributed by atoms with van der Waals surface area (Å²) in [5.41, 5.74) is 1.47. The molecule has 94 valence electrons. The fourth-order valence-corrected chi connectivity index (χ4v) is 3.07. The largest absolute Gasteiger partial charge is 0.300 e. The highest BCUT2D eigenvalue weighted by atomic mass is 79.9. The van der Waals surface area contributed by atoms with Gasteiger partial charge in [-0.2, -0.15) is 0 Å². The molecule has 2 heteroatoms. The third-order valence-corrected chi connectivity index (χ3v) is 4.26. The molecule has 1 heterocycles. The van der Waals surface area contributed by atoms with Gasteiger partial charge in [-0.1, -0.05) is 46.3 Å². The predicted molar refractivity (Wildman–Crippen MR) is 77.8 cm³/mol. The number of likely N-dealkylation sites (tertiary alicyclic amines) is 1. The summed E-state index contributed by atoms with van der Waals surface area (Å²) >= 11 is 3.53. The SMILES string of the molecule is BrCCCC1CCCN1CCc1ccccc1. The first-order valence-corrected chi connectivity index (χ1v) is 7.86. The molecule has 17 heavy (non-hydrogen) atoms. The summed E-state index contributed by atoms with van der Waals surface area (Å²) < 4.78 is 0. The number of benzene rings is 1. The molecule has 0 aromatic heterocycles. The summed E-state index contributed by atoms with van der Waals surface area (Å²) in [6.07, 6.45) is 6.67. The first-order chi connectivity index (χ1) is 8.40. The molecule has 1 fully saturated rings. The Labute approximate surface area is 113 Å². The van der Waals surface area contributed by atoms with Crippen molar-refractivity contribution in [3.8, 4) is 0 Å². The van der Waals surface area contributed by atoms with Crippen LogP contribution < -0.4 is 0 Å². The molecule has 1 aromatic carbocycles. The molecule has 1 unspecified atom stereocenters. The third kappa shape index (κ3) is 4.11. The topological polar surface area (TPSA) is 3.24 Å². The first kappa shape index (κ1) is 13.1. The Balaban J connectivity index is 1.78. The van der Waals surface area contributed by atoms with Crippen LogP contribution >= 0.6 is 15.9 Å². The summed E-state index contributed by atoms with van der Waals surface area (Å²) in [6, 6.07) is 11.7. The Morgan fingerprint density at radius 3 is 2.82 bits per heavy atom. The Hall–Kier alpha value is -0.340. The van der Waals surface area contributed by atoms with Crippen molar-refractivity contribution >= 4 is 15.9 Å². The van der Waals surface area contributed by atoms with Gasteiger partial charge in [0.25, 0.3) is 0 Å². The zero-order valence-electron chi connectivity index (χ0n) is 10.4. The highest BCUT2D eigenvalue weighted by Gasteiger charge is 2.23. The van der Waals surface area contributed by atoms with E-state index in [9.17, 15) is 0 Å². The van der Waals surface area contributed by atoms with Crippen LogP contribution in [-0.2, 0) is 6.42 Å². The minimum atomic E-state index is 0.844. The number of alkyl halides is 1. The molecule has 0 amide bonds. The van der Waals surface area contributed by atoms with E-state index in [0.29, 0.717) is 0 Å². The van der Waals surface area contributed by atoms with E-state index in [0.717, 1.165) is 11.4 Å². The summed E-state index contributed by atoms with van der Waals surface area (Å²) in [5.74, 6) is 0. The van der Waals surface area contributed by atoms with Crippen molar-refractivity contribution in [1.29, 1.82) is 0 Å². The summed E-state index contributed by atoms with van der Waals surface area (Å²) in [5, 5.41) is 1.15. The summed E-state index contributed by atoms with van der Waals surface area (Å²) in [7, 11) is 0. The molecule has 0 saturated carbocycles. The van der Waals surface area contributed by atoms with E-state index in [1.807, 2.05) is 0 Å². The first-order valence-electron chi connectivity index (χ1n) is 6.74. The quantitative estimate of drug-likeness (QED) is 0.720. The molecule has 1 aliphatic heterocycles. The van der Waals surface area contributed by atoms with Crippen LogP contribution in [0, 0.1) is 0 Å². The molecular formula is C15H22BrN. The van der Waals surface area contributed by atoms with Crippen molar-refractivity contribution in [3.05, 3.63) is 35.9 Å². The van der Waals surface area contributed by atoms with Crippen LogP contribution in [0.5, 0.6) is 0 Å². The Morgan fingerprint density at radius 1 is 1.24 bits per heavy atom. The van der Waals surface area contributed by atoms with Gasteiger partial charge in [-0.15, -0.1) is 0 Å². The van der Waals surface area contributed by atoms with Crippen LogP contribution in [0.3, 0.4) is 0 Å². The Bertz CT molecular complexity index is 312. The van der Waals surface area contributed by atoms with E-state index in [2.05, 4.69) is 51.2 Å². The normalized spacial score (nSPS) is 20.9. The molecule has 0 spiro atoms. The second kappa shape index (κ2) is 7.17. The van der Waals surface area contributed by atoms with Gasteiger partial charge in [0.05, 0.1) is 0 Å². The van der Waals surface area contributed by atoms with E-state index in [-0.39, 0.29) is 0 Å². The maximum Gasteiger partial charge on any atom is 0.00961 e. The van der Waals surface area contributed by atoms with Crippen molar-refractivity contribution in [2.24, 2.45) is 0 Å². The molecule has 0 N–H and O–H groups in total. The smallest absolute Gasteiger partial charge is 0.00961 e. The standard InChI is InChI=1S/C15H22BrN/c16-11-4-8-15-9-5-12-17(15)13-10-14-6-2-1-3-7-14/h1-3,6-7,15H,4-5,8-13H2. The maximum absolute atomic E-state index is 3.53. The molecule has 1 saturated heterocycles. The highest BCUT2D eigenvalue weighted by molar-refractivity contribution is 9.09. The van der Waals surface area contributed by atoms with E-state index < -0.39 is 0 Å². The fraction of sp³-hybridized carbons (Fsp3) is 0.600. The van der Waals surface area contributed by atoms with Gasteiger partial charge in [-0.25, -0.2) is 0 Å². The molecule has 1 aromatic rings. The van der Waals surface area contributed by atoms with Gasteiger partial charge in [0, 0.05) is 17.9 Å². The fourth-order valence-electron chi connectivity index (χ4n) is 2.75. The van der Waals surface area contributed by atoms with Gasteiger partial charge in [0.15, 0.2) is 0 Å². The van der Waals surface area contributed by atoms with Crippen LogP contribution in [0.15, 0.2) is 30.3 Å². The van der Waals surface area contributed by atoms with E-state index >= 15 is 0 Å². The molecule has 0 radical (unpaired) electrons. The van der Waals surface area contributed by atoms with E-state index in [4.69, 9.17) is 0 Å². The number of hydrogen-bond acceptors (Lipinski definition) is 1. The third-order valence-electron chi connectivity index (χ3n) is 3.70. The molecular weight excluding hydrogens is 274 g/mol. The number of rotatable bonds is 6. The lowest BCUT2D eigenvalue weighted by Gasteiger charge is -2.24. The van der Waals surface area contributed by atoms with Gasteiger partial charge in [0.2, 0.25) is 0 Å². The minimum Gasteiger partial charge on any atom is -0.300 e. The second-order valence-corrected chi connectivity index (χ2v) is 5.69. The number of hydrogen-bond donors (Lipinski definition) is 0. The molecule has 2 rings (SSSR count). The van der Waals surface area contributed by atoms with Crippen molar-refractivity contribution in [1.82, 2.24) is 4.90 Å². The molecule has 1 nitrogen and oxygen atoms in total. The zero-order valence-corrected chi connectivity index (χ0v) is 12.0. The van der Waals surface area contributed by atoms with Crippen LogP contribution in [0.2, 0.25) is 0 Å². The van der Waals surface area contributed by atoms with E-state index in [1.54, 1.807) is 0 Å². The lowest BCUT2D eigenvalue weighted by atomic mass is 10.1. The van der Waals surface area contributed by atoms with Crippen LogP contribution in [-0.4, -0.2) is 29.4 Å². The van der Waals surface area contributed by atoms with Crippen LogP contribution in [0.1, 0.15) is 31.2 Å². The maximum atomic E-state index is 3.53. The number of nitrogens with zero attached hydrogens (tertiary/aromatic N) is 1. The monoisotopic (exact) mass is 295 g/mol. The van der Waals surface area contributed by atoms with Crippen molar-refractivity contribution in [3.63, 3.8) is 0 Å². The molecule has 0 bridgehead atoms. The van der Waals surface area contributed by atoms with Gasteiger partial charge >= 0.3 is 0 Å². The van der Waals surface area contributed by atoms with Crippen LogP contribution in [0.4, 0.5) is 0 Å². The molecule has 1 atom stereocenters. The van der Waals surface area contributed by atoms with Crippen molar-refractivity contribution < 1.29 is 0 Å². The predicted octanol–water partition coefficient (Wildman–Crippen LogP) is 3.87. The van der Waals surface area contributed by atoms with E-state index in [1.165, 1.54) is 50.8 Å². The average molecular weight is 296 g/mol. The number of halogens is 1. The minimum absolute atomic E-state index is 0.844.